The third-order valence-electron chi connectivity index (χ3n) is 2.91. The minimum Gasteiger partial charge on any atom is -0.344 e. The molecule has 1 aliphatic heterocycles. The number of hydrogen-bond donors (Lipinski definition) is 1. The van der Waals surface area contributed by atoms with Gasteiger partial charge in [-0.05, 0) is 24.6 Å². The first-order valence-electron chi connectivity index (χ1n) is 5.72. The fourth-order valence-corrected chi connectivity index (χ4v) is 1.93. The number of carbonyl (C=O) groups is 1. The second-order valence-electron chi connectivity index (χ2n) is 4.24. The van der Waals surface area contributed by atoms with Gasteiger partial charge in [0, 0.05) is 12.0 Å². The molecule has 0 aliphatic carbocycles. The molecular weight excluding hydrogens is 256 g/mol. The Hall–Kier alpha value is -2.31. The van der Waals surface area contributed by atoms with E-state index in [-0.39, 0.29) is 23.7 Å². The number of amides is 1. The summed E-state index contributed by atoms with van der Waals surface area (Å²) in [5.74, 6) is -1.55. The Labute approximate surface area is 106 Å². The van der Waals surface area contributed by atoms with Crippen molar-refractivity contribution in [3.05, 3.63) is 35.7 Å². The van der Waals surface area contributed by atoms with E-state index in [1.807, 2.05) is 0 Å². The highest BCUT2D eigenvalue weighted by molar-refractivity contribution is 5.78. The van der Waals surface area contributed by atoms with Gasteiger partial charge < -0.3 is 9.84 Å². The quantitative estimate of drug-likeness (QED) is 0.901. The number of nitrogens with one attached hydrogen (secondary N) is 1. The van der Waals surface area contributed by atoms with Crippen LogP contribution in [0.4, 0.5) is 8.78 Å². The lowest BCUT2D eigenvalue weighted by molar-refractivity contribution is -0.119. The molecule has 2 heterocycles. The number of hydrogen-bond acceptors (Lipinski definition) is 4. The minimum atomic E-state index is -0.974. The molecule has 0 saturated carbocycles. The summed E-state index contributed by atoms with van der Waals surface area (Å²) in [6.45, 7) is 0. The van der Waals surface area contributed by atoms with Crippen LogP contribution in [0.2, 0.25) is 0 Å². The fourth-order valence-electron chi connectivity index (χ4n) is 1.93. The molecule has 1 amide bonds. The Kier molecular flexibility index (Phi) is 2.73. The van der Waals surface area contributed by atoms with E-state index in [4.69, 9.17) is 4.52 Å². The van der Waals surface area contributed by atoms with E-state index in [0.29, 0.717) is 18.4 Å². The van der Waals surface area contributed by atoms with E-state index >= 15 is 0 Å². The zero-order chi connectivity index (χ0) is 13.4. The summed E-state index contributed by atoms with van der Waals surface area (Å²) in [7, 11) is 0. The molecule has 1 aromatic heterocycles. The van der Waals surface area contributed by atoms with Crippen molar-refractivity contribution in [1.82, 2.24) is 15.5 Å². The van der Waals surface area contributed by atoms with Crippen molar-refractivity contribution in [2.45, 2.75) is 18.9 Å². The minimum absolute atomic E-state index is 0.0717. The summed E-state index contributed by atoms with van der Waals surface area (Å²) in [4.78, 5) is 15.2. The monoisotopic (exact) mass is 265 g/mol. The van der Waals surface area contributed by atoms with E-state index in [0.717, 1.165) is 12.1 Å². The summed E-state index contributed by atoms with van der Waals surface area (Å²) >= 11 is 0. The average Bonchev–Trinajstić information content (AvgIpc) is 3.01. The lowest BCUT2D eigenvalue weighted by Crippen LogP contribution is -2.18. The first-order chi connectivity index (χ1) is 9.13. The lowest BCUT2D eigenvalue weighted by atomic mass is 10.2. The number of aromatic nitrogens is 2. The number of benzene rings is 1. The highest BCUT2D eigenvalue weighted by Crippen LogP contribution is 2.25. The van der Waals surface area contributed by atoms with Crippen LogP contribution >= 0.6 is 0 Å². The van der Waals surface area contributed by atoms with Gasteiger partial charge in [0.2, 0.25) is 17.6 Å². The predicted octanol–water partition coefficient (Wildman–Crippen LogP) is 1.97. The van der Waals surface area contributed by atoms with Crippen LogP contribution < -0.4 is 5.32 Å². The molecular formula is C12H9F2N3O2. The zero-order valence-electron chi connectivity index (χ0n) is 9.69. The van der Waals surface area contributed by atoms with E-state index in [9.17, 15) is 13.6 Å². The zero-order valence-corrected chi connectivity index (χ0v) is 9.69. The average molecular weight is 265 g/mol. The molecule has 1 atom stereocenters. The summed E-state index contributed by atoms with van der Waals surface area (Å²) in [6, 6.07) is 3.05. The summed E-state index contributed by atoms with van der Waals surface area (Å²) in [5.41, 5.74) is 0.318. The fraction of sp³-hybridized carbons (Fsp3) is 0.250. The lowest BCUT2D eigenvalue weighted by Gasteiger charge is -2.01. The predicted molar refractivity (Wildman–Crippen MR) is 59.8 cm³/mol. The third-order valence-corrected chi connectivity index (χ3v) is 2.91. The Morgan fingerprint density at radius 3 is 2.84 bits per heavy atom. The smallest absolute Gasteiger partial charge is 0.249 e. The van der Waals surface area contributed by atoms with Crippen LogP contribution in [0.1, 0.15) is 24.8 Å². The molecule has 0 radical (unpaired) electrons. The van der Waals surface area contributed by atoms with Crippen molar-refractivity contribution in [3.63, 3.8) is 0 Å². The van der Waals surface area contributed by atoms with Gasteiger partial charge >= 0.3 is 0 Å². The van der Waals surface area contributed by atoms with Gasteiger partial charge in [-0.3, -0.25) is 4.79 Å². The van der Waals surface area contributed by atoms with E-state index in [1.54, 1.807) is 0 Å². The summed E-state index contributed by atoms with van der Waals surface area (Å²) < 4.78 is 31.0. The number of nitrogens with zero attached hydrogens (tertiary/aromatic N) is 2. The van der Waals surface area contributed by atoms with Gasteiger partial charge in [-0.25, -0.2) is 8.78 Å². The molecule has 3 rings (SSSR count). The van der Waals surface area contributed by atoms with Gasteiger partial charge in [0.1, 0.15) is 6.04 Å². The van der Waals surface area contributed by atoms with Crippen LogP contribution in [0, 0.1) is 11.6 Å². The molecule has 0 spiro atoms. The molecule has 1 fully saturated rings. The van der Waals surface area contributed by atoms with Gasteiger partial charge in [0.25, 0.3) is 0 Å². The molecule has 0 bridgehead atoms. The number of carbonyl (C=O) groups excluding carboxylic acids is 1. The topological polar surface area (TPSA) is 68.0 Å². The van der Waals surface area contributed by atoms with E-state index in [2.05, 4.69) is 15.5 Å². The Bertz CT molecular complexity index is 642. The van der Waals surface area contributed by atoms with E-state index in [1.165, 1.54) is 6.07 Å². The van der Waals surface area contributed by atoms with Crippen molar-refractivity contribution in [2.75, 3.05) is 0 Å². The maximum Gasteiger partial charge on any atom is 0.249 e. The Morgan fingerprint density at radius 1 is 1.32 bits per heavy atom. The molecule has 1 aromatic carbocycles. The maximum atomic E-state index is 13.1. The van der Waals surface area contributed by atoms with Gasteiger partial charge in [0.05, 0.1) is 0 Å². The van der Waals surface area contributed by atoms with Gasteiger partial charge in [-0.2, -0.15) is 4.98 Å². The molecule has 2 aromatic rings. The SMILES string of the molecule is O=C1CCC(c2nc(-c3ccc(F)c(F)c3)no2)N1. The molecule has 7 heteroatoms. The van der Waals surface area contributed by atoms with Crippen LogP contribution in [-0.4, -0.2) is 16.0 Å². The molecule has 1 aliphatic rings. The molecule has 1 unspecified atom stereocenters. The van der Waals surface area contributed by atoms with Crippen molar-refractivity contribution in [3.8, 4) is 11.4 Å². The van der Waals surface area contributed by atoms with Gasteiger partial charge in [-0.1, -0.05) is 5.16 Å². The first kappa shape index (κ1) is 11.8. The van der Waals surface area contributed by atoms with Gasteiger partial charge in [-0.15, -0.1) is 0 Å². The van der Waals surface area contributed by atoms with Crippen LogP contribution in [0.25, 0.3) is 11.4 Å². The highest BCUT2D eigenvalue weighted by Gasteiger charge is 2.27. The van der Waals surface area contributed by atoms with Crippen LogP contribution in [0.5, 0.6) is 0 Å². The second kappa shape index (κ2) is 4.42. The van der Waals surface area contributed by atoms with Crippen molar-refractivity contribution in [1.29, 1.82) is 0 Å². The summed E-state index contributed by atoms with van der Waals surface area (Å²) in [6.07, 6.45) is 0.992. The van der Waals surface area contributed by atoms with Crippen molar-refractivity contribution < 1.29 is 18.1 Å². The molecule has 5 nitrogen and oxygen atoms in total. The summed E-state index contributed by atoms with van der Waals surface area (Å²) in [5, 5.41) is 6.39. The maximum absolute atomic E-state index is 13.1. The second-order valence-corrected chi connectivity index (χ2v) is 4.24. The Balaban J connectivity index is 1.88. The largest absolute Gasteiger partial charge is 0.344 e. The van der Waals surface area contributed by atoms with Crippen molar-refractivity contribution >= 4 is 5.91 Å². The van der Waals surface area contributed by atoms with Crippen molar-refractivity contribution in [2.24, 2.45) is 0 Å². The van der Waals surface area contributed by atoms with Crippen LogP contribution in [0.3, 0.4) is 0 Å². The number of halogens is 2. The van der Waals surface area contributed by atoms with Crippen LogP contribution in [0.15, 0.2) is 22.7 Å². The normalized spacial score (nSPS) is 18.6. The standard InChI is InChI=1S/C12H9F2N3O2/c13-7-2-1-6(5-8(7)14)11-16-12(19-17-11)9-3-4-10(18)15-9/h1-2,5,9H,3-4H2,(H,15,18). The molecule has 19 heavy (non-hydrogen) atoms. The number of rotatable bonds is 2. The first-order valence-corrected chi connectivity index (χ1v) is 5.72. The molecule has 98 valence electrons. The van der Waals surface area contributed by atoms with E-state index < -0.39 is 11.6 Å². The Morgan fingerprint density at radius 2 is 2.16 bits per heavy atom. The third kappa shape index (κ3) is 2.18. The highest BCUT2D eigenvalue weighted by atomic mass is 19.2. The van der Waals surface area contributed by atoms with Gasteiger partial charge in [0.15, 0.2) is 11.6 Å². The van der Waals surface area contributed by atoms with Crippen LogP contribution in [-0.2, 0) is 4.79 Å². The molecule has 1 saturated heterocycles. The molecule has 1 N–H and O–H groups in total.